The van der Waals surface area contributed by atoms with Crippen LogP contribution in [0.2, 0.25) is 0 Å². The summed E-state index contributed by atoms with van der Waals surface area (Å²) in [4.78, 5) is 44.9. The molecule has 0 bridgehead atoms. The number of pyridine rings is 1. The lowest BCUT2D eigenvalue weighted by Gasteiger charge is -2.34. The Morgan fingerprint density at radius 3 is 2.51 bits per heavy atom. The third-order valence-electron chi connectivity index (χ3n) is 10.8. The maximum absolute atomic E-state index is 14.0. The number of rotatable bonds is 12. The van der Waals surface area contributed by atoms with Crippen molar-refractivity contribution >= 4 is 58.9 Å². The molecule has 4 heterocycles. The molecule has 12 nitrogen and oxygen atoms in total. The number of piperidine rings is 2. The van der Waals surface area contributed by atoms with Crippen molar-refractivity contribution in [2.45, 2.75) is 62.3 Å². The van der Waals surface area contributed by atoms with Crippen molar-refractivity contribution in [3.8, 4) is 5.75 Å². The Labute approximate surface area is 334 Å². The number of benzene rings is 3. The van der Waals surface area contributed by atoms with Gasteiger partial charge in [-0.15, -0.1) is 0 Å². The number of nitrogens with zero attached hydrogens (tertiary/aromatic N) is 3. The van der Waals surface area contributed by atoms with Gasteiger partial charge in [0.1, 0.15) is 11.6 Å². The largest absolute Gasteiger partial charge is 0.494 e. The average Bonchev–Trinajstić information content (AvgIpc) is 3.52. The van der Waals surface area contributed by atoms with Crippen LogP contribution in [0.3, 0.4) is 0 Å². The number of amides is 3. The fourth-order valence-electron chi connectivity index (χ4n) is 7.75. The van der Waals surface area contributed by atoms with Crippen LogP contribution in [0.25, 0.3) is 0 Å². The highest BCUT2D eigenvalue weighted by Crippen LogP contribution is 2.41. The molecule has 0 aliphatic carbocycles. The van der Waals surface area contributed by atoms with Crippen molar-refractivity contribution in [3.63, 3.8) is 0 Å². The number of anilines is 5. The van der Waals surface area contributed by atoms with Gasteiger partial charge in [-0.2, -0.15) is 25.8 Å². The number of nitrogens with one attached hydrogen (secondary N) is 5. The molecule has 3 aliphatic heterocycles. The maximum Gasteiger partial charge on any atom is 0.419 e. The number of ether oxygens (including phenoxy) is 1. The molecular weight excluding hydrogens is 758 g/mol. The number of imide groups is 1. The van der Waals surface area contributed by atoms with E-state index < -0.39 is 17.6 Å². The van der Waals surface area contributed by atoms with E-state index in [1.165, 1.54) is 43.5 Å². The minimum atomic E-state index is -4.69. The zero-order chi connectivity index (χ0) is 40.3. The van der Waals surface area contributed by atoms with Gasteiger partial charge >= 0.3 is 6.18 Å². The molecule has 4 aromatic rings. The van der Waals surface area contributed by atoms with Crippen LogP contribution in [0.4, 0.5) is 41.7 Å². The minimum Gasteiger partial charge on any atom is -0.494 e. The predicted octanol–water partition coefficient (Wildman–Crippen LogP) is 6.31. The molecule has 300 valence electrons. The summed E-state index contributed by atoms with van der Waals surface area (Å²) in [5, 5.41) is 14.4. The predicted molar refractivity (Wildman–Crippen MR) is 215 cm³/mol. The van der Waals surface area contributed by atoms with Crippen molar-refractivity contribution in [1.82, 2.24) is 25.8 Å². The molecule has 7 rings (SSSR count). The van der Waals surface area contributed by atoms with Crippen LogP contribution in [-0.2, 0) is 28.7 Å². The number of fused-ring (bicyclic) bond motifs is 1. The van der Waals surface area contributed by atoms with Gasteiger partial charge < -0.3 is 30.9 Å². The number of para-hydroxylation sites is 1. The number of halogens is 3. The fraction of sp³-hybridized carbons (Fsp3) is 0.366. The van der Waals surface area contributed by atoms with Crippen LogP contribution >= 0.6 is 12.6 Å². The molecule has 16 heteroatoms. The van der Waals surface area contributed by atoms with Gasteiger partial charge in [-0.1, -0.05) is 30.3 Å². The Balaban J connectivity index is 0.936. The lowest BCUT2D eigenvalue weighted by molar-refractivity contribution is -0.138. The Bertz CT molecular complexity index is 2150. The van der Waals surface area contributed by atoms with E-state index in [-0.39, 0.29) is 46.0 Å². The van der Waals surface area contributed by atoms with Crippen molar-refractivity contribution in [1.29, 1.82) is 0 Å². The molecule has 2 atom stereocenters. The fourth-order valence-corrected chi connectivity index (χ4v) is 8.24. The number of hydrogen-bond donors (Lipinski definition) is 6. The number of alkyl halides is 3. The summed E-state index contributed by atoms with van der Waals surface area (Å²) in [6.45, 7) is 3.12. The molecule has 3 aromatic carbocycles. The molecule has 2 saturated heterocycles. The topological polar surface area (TPSA) is 140 Å². The van der Waals surface area contributed by atoms with Gasteiger partial charge in [0.25, 0.3) is 5.91 Å². The second kappa shape index (κ2) is 17.0. The Morgan fingerprint density at radius 2 is 1.77 bits per heavy atom. The van der Waals surface area contributed by atoms with Gasteiger partial charge in [-0.3, -0.25) is 24.6 Å². The van der Waals surface area contributed by atoms with Crippen LogP contribution in [0.5, 0.6) is 5.75 Å². The highest BCUT2D eigenvalue weighted by molar-refractivity contribution is 7.80. The summed E-state index contributed by atoms with van der Waals surface area (Å²) in [6, 6.07) is 19.7. The van der Waals surface area contributed by atoms with Crippen LogP contribution in [0, 0.1) is 0 Å². The zero-order valence-electron chi connectivity index (χ0n) is 31.6. The third kappa shape index (κ3) is 8.97. The van der Waals surface area contributed by atoms with Crippen molar-refractivity contribution in [3.05, 3.63) is 101 Å². The lowest BCUT2D eigenvalue weighted by Crippen LogP contribution is -2.51. The molecule has 2 unspecified atom stereocenters. The van der Waals surface area contributed by atoms with Gasteiger partial charge in [0.05, 0.1) is 46.7 Å². The quantitative estimate of drug-likeness (QED) is 0.0715. The average molecular weight is 803 g/mol. The molecular formula is C41H45F3N8O4S. The normalized spacial score (nSPS) is 18.9. The molecule has 57 heavy (non-hydrogen) atoms. The zero-order valence-corrected chi connectivity index (χ0v) is 32.5. The first kappa shape index (κ1) is 39.9. The van der Waals surface area contributed by atoms with Gasteiger partial charge in [-0.25, -0.2) is 4.98 Å². The minimum absolute atomic E-state index is 0.154. The first-order chi connectivity index (χ1) is 27.4. The first-order valence-corrected chi connectivity index (χ1v) is 19.4. The first-order valence-electron chi connectivity index (χ1n) is 18.9. The van der Waals surface area contributed by atoms with Crippen molar-refractivity contribution < 1.29 is 32.3 Å². The van der Waals surface area contributed by atoms with E-state index in [0.717, 1.165) is 56.3 Å². The van der Waals surface area contributed by atoms with E-state index in [1.807, 2.05) is 18.2 Å². The molecule has 0 radical (unpaired) electrons. The van der Waals surface area contributed by atoms with Gasteiger partial charge in [0, 0.05) is 63.2 Å². The Morgan fingerprint density at radius 1 is 0.982 bits per heavy atom. The van der Waals surface area contributed by atoms with E-state index >= 15 is 0 Å². The summed E-state index contributed by atoms with van der Waals surface area (Å²) in [6.07, 6.45) is -0.332. The summed E-state index contributed by atoms with van der Waals surface area (Å²) < 4.78 is 47.8. The van der Waals surface area contributed by atoms with Crippen LogP contribution in [-0.4, -0.2) is 73.5 Å². The number of hydrogen-bond acceptors (Lipinski definition) is 11. The Kier molecular flexibility index (Phi) is 11.9. The van der Waals surface area contributed by atoms with Crippen molar-refractivity contribution in [2.24, 2.45) is 0 Å². The second-order valence-corrected chi connectivity index (χ2v) is 14.9. The van der Waals surface area contributed by atoms with Crippen LogP contribution in [0.1, 0.15) is 63.7 Å². The van der Waals surface area contributed by atoms with Gasteiger partial charge in [0.15, 0.2) is 0 Å². The van der Waals surface area contributed by atoms with E-state index in [1.54, 1.807) is 12.1 Å². The van der Waals surface area contributed by atoms with Crippen molar-refractivity contribution in [2.75, 3.05) is 49.3 Å². The summed E-state index contributed by atoms with van der Waals surface area (Å²) >= 11 is 4.81. The molecule has 1 aromatic heterocycles. The lowest BCUT2D eigenvalue weighted by atomic mass is 10.0. The van der Waals surface area contributed by atoms with E-state index in [9.17, 15) is 27.6 Å². The maximum atomic E-state index is 14.0. The standard InChI is InChI=1S/C41H45F3N8O4S/c1-45-38(54)29-5-3-4-6-31(29)48-33-21-36(47-22-30(33)41(42,43)44)49-32-10-8-27(20-35(32)56-2)51-17-14-26(15-18-51)46-16-13-24-7-9-28-25(19-24)23-52(40(28)57)34-11-12-37(53)50-39(34)55/h3-10,19-22,26,34,40,46,57H,11-18,23H2,1-2H3,(H,45,54)(H2,47,48,49)(H,50,53,55). The van der Waals surface area contributed by atoms with E-state index in [0.29, 0.717) is 36.9 Å². The highest BCUT2D eigenvalue weighted by atomic mass is 32.1. The van der Waals surface area contributed by atoms with E-state index in [2.05, 4.69) is 59.6 Å². The molecule has 5 N–H and O–H groups in total. The van der Waals surface area contributed by atoms with Gasteiger partial charge in [-0.05, 0) is 73.2 Å². The number of methoxy groups -OCH3 is 1. The SMILES string of the molecule is CNC(=O)c1ccccc1Nc1cc(Nc2ccc(N3CCC(NCCc4ccc5c(c4)CN(C4CCC(=O)NC4=O)C5S)CC3)cc2OC)ncc1C(F)(F)F. The number of carbonyl (C=O) groups is 3. The molecule has 3 aliphatic rings. The number of thiol groups is 1. The summed E-state index contributed by atoms with van der Waals surface area (Å²) in [7, 11) is 2.99. The highest BCUT2D eigenvalue weighted by Gasteiger charge is 2.39. The van der Waals surface area contributed by atoms with E-state index in [4.69, 9.17) is 17.4 Å². The van der Waals surface area contributed by atoms with Gasteiger partial charge in [0.2, 0.25) is 11.8 Å². The molecule has 3 amide bonds. The molecule has 0 saturated carbocycles. The van der Waals surface area contributed by atoms with Crippen LogP contribution in [0.15, 0.2) is 72.9 Å². The smallest absolute Gasteiger partial charge is 0.419 e. The summed E-state index contributed by atoms with van der Waals surface area (Å²) in [5.41, 5.74) is 4.16. The summed E-state index contributed by atoms with van der Waals surface area (Å²) in [5.74, 6) is -0.247. The monoisotopic (exact) mass is 802 g/mol. The number of aromatic nitrogens is 1. The number of carbonyl (C=O) groups excluding carboxylic acids is 3. The third-order valence-corrected chi connectivity index (χ3v) is 11.4. The molecule has 2 fully saturated rings. The molecule has 0 spiro atoms. The van der Waals surface area contributed by atoms with Crippen LogP contribution < -0.4 is 36.2 Å². The Hall–Kier alpha value is -5.32. The second-order valence-electron chi connectivity index (χ2n) is 14.4.